The first kappa shape index (κ1) is 89.8. The molecular formula is C109H108B4BrCl2FO8. The van der Waals surface area contributed by atoms with Gasteiger partial charge in [0.15, 0.2) is 0 Å². The molecule has 16 heteroatoms. The third-order valence-corrected chi connectivity index (χ3v) is 26.5. The molecule has 0 spiro atoms. The van der Waals surface area contributed by atoms with Crippen LogP contribution >= 0.6 is 39.1 Å². The van der Waals surface area contributed by atoms with Crippen LogP contribution in [0.2, 0.25) is 10.0 Å². The summed E-state index contributed by atoms with van der Waals surface area (Å²) in [5, 5.41) is 8.63. The Kier molecular flexibility index (Phi) is 27.2. The Labute approximate surface area is 760 Å². The monoisotopic (exact) mass is 1760 g/mol. The van der Waals surface area contributed by atoms with E-state index in [0.717, 1.165) is 42.0 Å². The Balaban J connectivity index is 0.000000132. The summed E-state index contributed by atoms with van der Waals surface area (Å²) < 4.78 is 65.9. The molecule has 0 radical (unpaired) electrons. The molecule has 15 aromatic rings. The maximum atomic E-state index is 9.96. The van der Waals surface area contributed by atoms with Gasteiger partial charge in [-0.25, -0.2) is 0 Å². The summed E-state index contributed by atoms with van der Waals surface area (Å²) in [6.07, 6.45) is 0. The lowest BCUT2D eigenvalue weighted by molar-refractivity contribution is 0.00578. The number of rotatable bonds is 11. The van der Waals surface area contributed by atoms with Gasteiger partial charge in [0, 0.05) is 14.5 Å². The number of benzene rings is 15. The van der Waals surface area contributed by atoms with Gasteiger partial charge in [-0.2, -0.15) is 0 Å². The normalized spacial score (nSPS) is 17.0. The fourth-order valence-corrected chi connectivity index (χ4v) is 16.5. The molecule has 0 aliphatic carbocycles. The van der Waals surface area contributed by atoms with E-state index in [-0.39, 0.29) is 51.9 Å². The van der Waals surface area contributed by atoms with Crippen molar-refractivity contribution >= 4 is 111 Å². The van der Waals surface area contributed by atoms with Crippen molar-refractivity contribution in [1.29, 1.82) is 0 Å². The molecule has 125 heavy (non-hydrogen) atoms. The lowest BCUT2D eigenvalue weighted by Gasteiger charge is -2.32. The molecule has 632 valence electrons. The van der Waals surface area contributed by atoms with Crippen LogP contribution in [0.1, 0.15) is 112 Å². The average molecular weight is 1760 g/mol. The molecule has 0 unspecified atom stereocenters. The van der Waals surface area contributed by atoms with Crippen LogP contribution in [0.5, 0.6) is 0 Å². The zero-order valence-electron chi connectivity index (χ0n) is 75.2. The maximum absolute atomic E-state index is 9.96. The number of alkyl halides is 1. The van der Waals surface area contributed by atoms with Gasteiger partial charge in [-0.1, -0.05) is 336 Å². The highest BCUT2D eigenvalue weighted by Gasteiger charge is 2.64. The second kappa shape index (κ2) is 37.9. The van der Waals surface area contributed by atoms with Crippen molar-refractivity contribution in [2.45, 2.75) is 156 Å². The highest BCUT2D eigenvalue weighted by Crippen LogP contribution is 2.47. The van der Waals surface area contributed by atoms with Crippen LogP contribution in [0.15, 0.2) is 350 Å². The molecule has 0 bridgehead atoms. The molecule has 4 saturated heterocycles. The molecule has 19 rings (SSSR count). The first-order valence-corrected chi connectivity index (χ1v) is 44.2. The fraction of sp³-hybridized carbons (Fsp3) is 0.229. The van der Waals surface area contributed by atoms with E-state index in [2.05, 4.69) is 363 Å². The van der Waals surface area contributed by atoms with Crippen molar-refractivity contribution in [2.75, 3.05) is 7.15 Å². The van der Waals surface area contributed by atoms with Crippen LogP contribution in [0.25, 0.3) is 121 Å². The van der Waals surface area contributed by atoms with Crippen LogP contribution < -0.4 is 10.9 Å². The minimum atomic E-state index is -1.00. The molecule has 0 amide bonds. The van der Waals surface area contributed by atoms with Gasteiger partial charge in [0.2, 0.25) is 0 Å². The van der Waals surface area contributed by atoms with Crippen LogP contribution in [-0.2, 0) is 37.2 Å². The Hall–Kier alpha value is -9.99. The molecule has 15 aromatic carbocycles. The van der Waals surface area contributed by atoms with Gasteiger partial charge < -0.3 is 37.2 Å². The molecule has 0 saturated carbocycles. The van der Waals surface area contributed by atoms with E-state index < -0.39 is 28.3 Å². The van der Waals surface area contributed by atoms with E-state index in [1.807, 2.05) is 110 Å². The van der Waals surface area contributed by atoms with Gasteiger partial charge >= 0.3 is 28.3 Å². The molecule has 0 atom stereocenters. The van der Waals surface area contributed by atoms with E-state index in [0.29, 0.717) is 0 Å². The summed E-state index contributed by atoms with van der Waals surface area (Å²) in [4.78, 5) is 0. The average Bonchev–Trinajstić information content (AvgIpc) is 1.62. The first-order valence-electron chi connectivity index (χ1n) is 43.3. The van der Waals surface area contributed by atoms with Gasteiger partial charge in [0.05, 0.1) is 53.3 Å². The summed E-state index contributed by atoms with van der Waals surface area (Å²) >= 11 is 15.5. The summed E-state index contributed by atoms with van der Waals surface area (Å²) in [6.45, 7) is 33.0. The van der Waals surface area contributed by atoms with Crippen LogP contribution in [0, 0.1) is 0 Å². The molecule has 4 aliphatic heterocycles. The molecule has 0 aromatic heterocycles. The van der Waals surface area contributed by atoms with Gasteiger partial charge in [0.25, 0.3) is 0 Å². The standard InChI is InChI=1S/C34H31BO2.C28H19Cl.C24H25BO2.C12H24B2O4.C10H6BrCl.CH3F/c1-33(2)34(3,4)37-35(36-33)29-21-20-26-22-28(19-18-27(26)23-29)32-30(24-12-7-5-8-13-24)16-11-17-31(32)25-14-9-6-10-15-25;29-25-17-16-22-18-24(15-14-23(22)19-25)28-26(20-8-3-1-4-9-20)12-7-13-27(28)21-10-5-2-6-11-21;1-23(2)24(3,4)27-25(26-23)22-20(18-12-7-5-8-13-18)16-11-17-21(22)19-14-9-6-10-15-19;1-9(2)10(3,4)16-13(15-9)14-17-11(5,6)12(7,8)18-14;11-9-3-1-8-6-10(12)4-2-7(8)5-9;1-2/h5-23H,1-4H3;1-19H;5-17H,1-4H3;1-8H3;1-6H;1H3/i;;;;;1D. The number of hydrogen-bond donors (Lipinski definition) is 0. The van der Waals surface area contributed by atoms with Crippen molar-refractivity contribution < 1.29 is 43.0 Å². The lowest BCUT2D eigenvalue weighted by atomic mass is 9.49. The third-order valence-electron chi connectivity index (χ3n) is 25.5. The SMILES string of the molecule is CC1(C)OB(B2OC(C)(C)C(C)(C)O2)OC1(C)C.CC1(C)OB(c2c(-c3ccccc3)cccc2-c2ccccc2)OC1(C)C.CC1(C)OB(c2ccc3cc(-c4c(-c5ccccc5)cccc4-c4ccccc4)ccc3c2)OC1(C)C.Clc1ccc2cc(-c3c(-c4ccccc4)cccc3-c3ccccc3)ccc2c1.Clc1ccc2cc(Br)ccc2c1.[2H]CF. The highest BCUT2D eigenvalue weighted by molar-refractivity contribution is 9.10. The van der Waals surface area contributed by atoms with Crippen molar-refractivity contribution in [3.05, 3.63) is 360 Å². The Morgan fingerprint density at radius 3 is 0.808 bits per heavy atom. The summed E-state index contributed by atoms with van der Waals surface area (Å²) in [7, 11) is -2.73. The van der Waals surface area contributed by atoms with E-state index in [4.69, 9.17) is 61.8 Å². The van der Waals surface area contributed by atoms with Gasteiger partial charge in [-0.3, -0.25) is 4.39 Å². The van der Waals surface area contributed by atoms with Crippen LogP contribution in [-0.4, -0.2) is 80.2 Å². The van der Waals surface area contributed by atoms with Crippen molar-refractivity contribution in [1.82, 2.24) is 0 Å². The van der Waals surface area contributed by atoms with Gasteiger partial charge in [-0.15, -0.1) is 0 Å². The quantitative estimate of drug-likeness (QED) is 0.119. The Morgan fingerprint density at radius 1 is 0.248 bits per heavy atom. The van der Waals surface area contributed by atoms with E-state index in [9.17, 15) is 4.39 Å². The third kappa shape index (κ3) is 20.2. The Bertz CT molecular complexity index is 5960. The summed E-state index contributed by atoms with van der Waals surface area (Å²) in [6, 6.07) is 121. The van der Waals surface area contributed by atoms with Crippen molar-refractivity contribution in [2.24, 2.45) is 0 Å². The molecule has 8 nitrogen and oxygen atoms in total. The molecule has 4 fully saturated rings. The second-order valence-corrected chi connectivity index (χ2v) is 37.8. The second-order valence-electron chi connectivity index (χ2n) is 36.0. The van der Waals surface area contributed by atoms with Crippen LogP contribution in [0.4, 0.5) is 4.39 Å². The van der Waals surface area contributed by atoms with E-state index in [1.54, 1.807) is 0 Å². The summed E-state index contributed by atoms with van der Waals surface area (Å²) in [5.74, 6) is 0. The van der Waals surface area contributed by atoms with Crippen molar-refractivity contribution in [3.8, 4) is 89.0 Å². The highest BCUT2D eigenvalue weighted by atomic mass is 79.9. The number of fused-ring (bicyclic) bond motifs is 3. The van der Waals surface area contributed by atoms with Gasteiger partial charge in [-0.05, 0) is 292 Å². The Morgan fingerprint density at radius 2 is 0.488 bits per heavy atom. The van der Waals surface area contributed by atoms with Gasteiger partial charge in [0.1, 0.15) is 0 Å². The van der Waals surface area contributed by atoms with E-state index >= 15 is 0 Å². The topological polar surface area (TPSA) is 73.8 Å². The molecular weight excluding hydrogens is 1650 g/mol. The molecule has 4 aliphatic rings. The maximum Gasteiger partial charge on any atom is 0.496 e. The van der Waals surface area contributed by atoms with E-state index in [1.165, 1.54) is 105 Å². The fourth-order valence-electron chi connectivity index (χ4n) is 15.8. The molecule has 4 heterocycles. The predicted octanol–water partition coefficient (Wildman–Crippen LogP) is 29.0. The largest absolute Gasteiger partial charge is 0.496 e. The zero-order chi connectivity index (χ0) is 89.6. The molecule has 0 N–H and O–H groups in total. The summed E-state index contributed by atoms with van der Waals surface area (Å²) in [5.41, 5.74) is 18.6. The lowest BCUT2D eigenvalue weighted by Crippen LogP contribution is -2.41. The van der Waals surface area contributed by atoms with Crippen molar-refractivity contribution in [3.63, 3.8) is 0 Å². The predicted molar refractivity (Wildman–Crippen MR) is 530 cm³/mol. The first-order chi connectivity index (χ1) is 60.1. The number of hydrogen-bond acceptors (Lipinski definition) is 8. The minimum Gasteiger partial charge on any atom is -0.405 e. The minimum absolute atomic E-state index is 0.356. The van der Waals surface area contributed by atoms with Crippen LogP contribution in [0.3, 0.4) is 0 Å². The smallest absolute Gasteiger partial charge is 0.405 e. The number of halogens is 4. The zero-order valence-corrected chi connectivity index (χ0v) is 77.3.